The minimum Gasteiger partial charge on any atom is -0.382 e. The summed E-state index contributed by atoms with van der Waals surface area (Å²) >= 11 is 1.31. The Bertz CT molecular complexity index is 819. The van der Waals surface area contributed by atoms with Gasteiger partial charge < -0.3 is 11.1 Å². The molecule has 2 rings (SSSR count). The van der Waals surface area contributed by atoms with Gasteiger partial charge in [-0.25, -0.2) is 4.98 Å². The third-order valence-corrected chi connectivity index (χ3v) is 4.16. The van der Waals surface area contributed by atoms with Crippen LogP contribution in [0.2, 0.25) is 0 Å². The van der Waals surface area contributed by atoms with E-state index in [2.05, 4.69) is 15.3 Å². The quantitative estimate of drug-likeness (QED) is 0.553. The van der Waals surface area contributed by atoms with Gasteiger partial charge in [-0.1, -0.05) is 18.7 Å². The number of aromatic amines is 1. The van der Waals surface area contributed by atoms with Gasteiger partial charge in [0.1, 0.15) is 5.69 Å². The van der Waals surface area contributed by atoms with Crippen molar-refractivity contribution in [2.24, 2.45) is 0 Å². The molecule has 0 radical (unpaired) electrons. The van der Waals surface area contributed by atoms with Gasteiger partial charge in [-0.05, 0) is 30.7 Å². The molecule has 0 saturated carbocycles. The number of H-pyrrole nitrogens is 1. The zero-order valence-electron chi connectivity index (χ0n) is 13.1. The second kappa shape index (κ2) is 7.60. The summed E-state index contributed by atoms with van der Waals surface area (Å²) in [5.74, 6) is -0.191. The predicted molar refractivity (Wildman–Crippen MR) is 89.7 cm³/mol. The van der Waals surface area contributed by atoms with Gasteiger partial charge in [-0.3, -0.25) is 14.6 Å². The number of nitrogens with zero attached hydrogens (tertiary/aromatic N) is 1. The molecule has 4 N–H and O–H groups in total. The van der Waals surface area contributed by atoms with Gasteiger partial charge in [0, 0.05) is 11.3 Å². The van der Waals surface area contributed by atoms with Gasteiger partial charge in [-0.2, -0.15) is 13.2 Å². The molecule has 0 bridgehead atoms. The molecule has 1 amide bonds. The van der Waals surface area contributed by atoms with Gasteiger partial charge in [0.25, 0.3) is 11.5 Å². The maximum Gasteiger partial charge on any atom is 0.416 e. The molecule has 10 heteroatoms. The number of nitrogen functional groups attached to an aromatic ring is 1. The highest BCUT2D eigenvalue weighted by Gasteiger charge is 2.30. The van der Waals surface area contributed by atoms with Crippen LogP contribution in [0.15, 0.2) is 34.2 Å². The Morgan fingerprint density at radius 3 is 2.48 bits per heavy atom. The van der Waals surface area contributed by atoms with Crippen molar-refractivity contribution in [3.63, 3.8) is 0 Å². The first-order valence-electron chi connectivity index (χ1n) is 7.23. The summed E-state index contributed by atoms with van der Waals surface area (Å²) in [5, 5.41) is 2.61. The van der Waals surface area contributed by atoms with Crippen LogP contribution in [0.3, 0.4) is 0 Å². The van der Waals surface area contributed by atoms with Crippen molar-refractivity contribution in [1.29, 1.82) is 0 Å². The summed E-state index contributed by atoms with van der Waals surface area (Å²) in [6.45, 7) is 1.97. The maximum atomic E-state index is 12.5. The van der Waals surface area contributed by atoms with Crippen molar-refractivity contribution in [1.82, 2.24) is 9.97 Å². The summed E-state index contributed by atoms with van der Waals surface area (Å²) in [7, 11) is 0. The standard InChI is InChI=1S/C15H15F3N4O2S/c1-2-7-25-14-21-11(19)10(13(24)22-14)20-12(23)8-3-5-9(6-4-8)15(16,17)18/h3-6H,2,7H2,1H3,(H,20,23)(H3,19,21,22,24). The van der Waals surface area contributed by atoms with Crippen LogP contribution in [-0.2, 0) is 6.18 Å². The van der Waals surface area contributed by atoms with Crippen molar-refractivity contribution in [2.45, 2.75) is 24.7 Å². The van der Waals surface area contributed by atoms with E-state index in [1.54, 1.807) is 0 Å². The first-order valence-corrected chi connectivity index (χ1v) is 8.22. The molecule has 0 atom stereocenters. The van der Waals surface area contributed by atoms with E-state index >= 15 is 0 Å². The van der Waals surface area contributed by atoms with Crippen LogP contribution in [0.5, 0.6) is 0 Å². The molecule has 0 saturated heterocycles. The molecular weight excluding hydrogens is 357 g/mol. The van der Waals surface area contributed by atoms with E-state index in [9.17, 15) is 22.8 Å². The van der Waals surface area contributed by atoms with Gasteiger partial charge in [-0.15, -0.1) is 0 Å². The number of nitrogens with one attached hydrogen (secondary N) is 2. The zero-order valence-corrected chi connectivity index (χ0v) is 13.9. The highest BCUT2D eigenvalue weighted by atomic mass is 32.2. The third kappa shape index (κ3) is 4.75. The normalized spacial score (nSPS) is 11.4. The van der Waals surface area contributed by atoms with Crippen LogP contribution < -0.4 is 16.6 Å². The van der Waals surface area contributed by atoms with E-state index in [0.717, 1.165) is 36.4 Å². The molecule has 134 valence electrons. The van der Waals surface area contributed by atoms with Crippen LogP contribution in [-0.4, -0.2) is 21.6 Å². The molecular formula is C15H15F3N4O2S. The Hall–Kier alpha value is -2.49. The van der Waals surface area contributed by atoms with E-state index in [0.29, 0.717) is 5.16 Å². The Morgan fingerprint density at radius 2 is 1.96 bits per heavy atom. The monoisotopic (exact) mass is 372 g/mol. The molecule has 25 heavy (non-hydrogen) atoms. The molecule has 0 aliphatic carbocycles. The van der Waals surface area contributed by atoms with Crippen molar-refractivity contribution < 1.29 is 18.0 Å². The van der Waals surface area contributed by atoms with E-state index in [1.165, 1.54) is 11.8 Å². The van der Waals surface area contributed by atoms with Gasteiger partial charge in [0.05, 0.1) is 5.56 Å². The highest BCUT2D eigenvalue weighted by molar-refractivity contribution is 7.99. The lowest BCUT2D eigenvalue weighted by Gasteiger charge is -2.09. The van der Waals surface area contributed by atoms with Crippen LogP contribution >= 0.6 is 11.8 Å². The predicted octanol–water partition coefficient (Wildman–Crippen LogP) is 3.13. The second-order valence-electron chi connectivity index (χ2n) is 5.01. The molecule has 1 heterocycles. The molecule has 0 aliphatic heterocycles. The second-order valence-corrected chi connectivity index (χ2v) is 6.09. The first kappa shape index (κ1) is 18.8. The number of amides is 1. The van der Waals surface area contributed by atoms with Crippen LogP contribution in [0.1, 0.15) is 29.3 Å². The fraction of sp³-hybridized carbons (Fsp3) is 0.267. The summed E-state index contributed by atoms with van der Waals surface area (Å²) in [6.07, 6.45) is -3.62. The zero-order chi connectivity index (χ0) is 18.6. The van der Waals surface area contributed by atoms with E-state index in [-0.39, 0.29) is 17.1 Å². The smallest absolute Gasteiger partial charge is 0.382 e. The molecule has 1 aromatic carbocycles. The molecule has 0 spiro atoms. The average Bonchev–Trinajstić information content (AvgIpc) is 2.55. The number of benzene rings is 1. The number of anilines is 2. The lowest BCUT2D eigenvalue weighted by atomic mass is 10.1. The fourth-order valence-corrected chi connectivity index (χ4v) is 2.58. The molecule has 0 aliphatic rings. The maximum absolute atomic E-state index is 12.5. The first-order chi connectivity index (χ1) is 11.7. The Kier molecular flexibility index (Phi) is 5.73. The highest BCUT2D eigenvalue weighted by Crippen LogP contribution is 2.29. The third-order valence-electron chi connectivity index (χ3n) is 3.08. The summed E-state index contributed by atoms with van der Waals surface area (Å²) in [4.78, 5) is 30.6. The lowest BCUT2D eigenvalue weighted by molar-refractivity contribution is -0.137. The molecule has 1 aromatic heterocycles. The van der Waals surface area contributed by atoms with Crippen molar-refractivity contribution in [3.8, 4) is 0 Å². The van der Waals surface area contributed by atoms with E-state index in [1.807, 2.05) is 6.92 Å². The fourth-order valence-electron chi connectivity index (χ4n) is 1.85. The number of carbonyl (C=O) groups is 1. The number of aromatic nitrogens is 2. The van der Waals surface area contributed by atoms with Crippen molar-refractivity contribution in [3.05, 3.63) is 45.7 Å². The number of thioether (sulfide) groups is 1. The lowest BCUT2D eigenvalue weighted by Crippen LogP contribution is -2.23. The van der Waals surface area contributed by atoms with Gasteiger partial charge in [0.2, 0.25) is 0 Å². The molecule has 6 nitrogen and oxygen atoms in total. The average molecular weight is 372 g/mol. The van der Waals surface area contributed by atoms with Crippen molar-refractivity contribution >= 4 is 29.2 Å². The van der Waals surface area contributed by atoms with Crippen molar-refractivity contribution in [2.75, 3.05) is 16.8 Å². The van der Waals surface area contributed by atoms with Gasteiger partial charge in [0.15, 0.2) is 11.0 Å². The van der Waals surface area contributed by atoms with Crippen LogP contribution in [0.25, 0.3) is 0 Å². The van der Waals surface area contributed by atoms with Gasteiger partial charge >= 0.3 is 6.18 Å². The number of nitrogens with two attached hydrogens (primary N) is 1. The SMILES string of the molecule is CCCSc1nc(N)c(NC(=O)c2ccc(C(F)(F)F)cc2)c(=O)[nH]1. The van der Waals surface area contributed by atoms with E-state index < -0.39 is 23.2 Å². The van der Waals surface area contributed by atoms with Crippen LogP contribution in [0, 0.1) is 0 Å². The number of hydrogen-bond acceptors (Lipinski definition) is 5. The largest absolute Gasteiger partial charge is 0.416 e. The number of rotatable bonds is 5. The number of halogens is 3. The summed E-state index contributed by atoms with van der Waals surface area (Å²) in [6, 6.07) is 3.60. The Balaban J connectivity index is 2.19. The molecule has 2 aromatic rings. The summed E-state index contributed by atoms with van der Waals surface area (Å²) in [5.41, 5.74) is 3.90. The summed E-state index contributed by atoms with van der Waals surface area (Å²) < 4.78 is 37.6. The van der Waals surface area contributed by atoms with E-state index in [4.69, 9.17) is 5.73 Å². The molecule has 0 fully saturated rings. The topological polar surface area (TPSA) is 101 Å². The minimum absolute atomic E-state index is 0.0452. The number of alkyl halides is 3. The Morgan fingerprint density at radius 1 is 1.32 bits per heavy atom. The number of carbonyl (C=O) groups excluding carboxylic acids is 1. The molecule has 0 unspecified atom stereocenters. The van der Waals surface area contributed by atoms with Crippen LogP contribution in [0.4, 0.5) is 24.7 Å². The Labute approximate surface area is 145 Å². The minimum atomic E-state index is -4.49. The number of hydrogen-bond donors (Lipinski definition) is 3.